The van der Waals surface area contributed by atoms with E-state index in [1.807, 2.05) is 48.3 Å². The second-order valence-corrected chi connectivity index (χ2v) is 5.88. The quantitative estimate of drug-likeness (QED) is 0.934. The Morgan fingerprint density at radius 1 is 1.13 bits per heavy atom. The Bertz CT molecular complexity index is 639. The SMILES string of the molecule is CN(C(=O)c1ccccc1Cc1ccccc1)C1CCNC1.Cl. The van der Waals surface area contributed by atoms with Gasteiger partial charge in [0.25, 0.3) is 5.91 Å². The minimum absolute atomic E-state index is 0. The molecule has 0 aliphatic carbocycles. The monoisotopic (exact) mass is 330 g/mol. The van der Waals surface area contributed by atoms with Gasteiger partial charge in [0.2, 0.25) is 0 Å². The summed E-state index contributed by atoms with van der Waals surface area (Å²) in [5.41, 5.74) is 3.14. The molecule has 4 heteroatoms. The van der Waals surface area contributed by atoms with Gasteiger partial charge in [-0.3, -0.25) is 4.79 Å². The van der Waals surface area contributed by atoms with Crippen LogP contribution in [0.15, 0.2) is 54.6 Å². The largest absolute Gasteiger partial charge is 0.337 e. The highest BCUT2D eigenvalue weighted by Gasteiger charge is 2.25. The fourth-order valence-corrected chi connectivity index (χ4v) is 3.02. The number of halogens is 1. The summed E-state index contributed by atoms with van der Waals surface area (Å²) in [6.07, 6.45) is 1.82. The molecule has 2 aromatic carbocycles. The zero-order valence-corrected chi connectivity index (χ0v) is 14.2. The molecule has 2 aromatic rings. The maximum absolute atomic E-state index is 12.8. The lowest BCUT2D eigenvalue weighted by Crippen LogP contribution is -2.38. The smallest absolute Gasteiger partial charge is 0.254 e. The van der Waals surface area contributed by atoms with Crippen LogP contribution in [0.2, 0.25) is 0 Å². The summed E-state index contributed by atoms with van der Waals surface area (Å²) in [6.45, 7) is 1.89. The molecule has 3 nitrogen and oxygen atoms in total. The Labute approximate surface area is 144 Å². The highest BCUT2D eigenvalue weighted by Crippen LogP contribution is 2.18. The minimum atomic E-state index is 0. The number of nitrogens with one attached hydrogen (secondary N) is 1. The number of hydrogen-bond acceptors (Lipinski definition) is 2. The molecule has 0 bridgehead atoms. The molecule has 0 saturated carbocycles. The second-order valence-electron chi connectivity index (χ2n) is 5.88. The lowest BCUT2D eigenvalue weighted by molar-refractivity contribution is 0.0743. The first-order chi connectivity index (χ1) is 10.8. The summed E-state index contributed by atoms with van der Waals surface area (Å²) >= 11 is 0. The molecule has 1 heterocycles. The van der Waals surface area contributed by atoms with Crippen LogP contribution in [-0.4, -0.2) is 37.0 Å². The van der Waals surface area contributed by atoms with Crippen LogP contribution in [0.4, 0.5) is 0 Å². The molecular weight excluding hydrogens is 308 g/mol. The van der Waals surface area contributed by atoms with E-state index in [-0.39, 0.29) is 18.3 Å². The van der Waals surface area contributed by atoms with E-state index in [9.17, 15) is 4.79 Å². The lowest BCUT2D eigenvalue weighted by atomic mass is 9.98. The number of benzene rings is 2. The first-order valence-electron chi connectivity index (χ1n) is 7.85. The van der Waals surface area contributed by atoms with Gasteiger partial charge in [-0.25, -0.2) is 0 Å². The number of nitrogens with zero attached hydrogens (tertiary/aromatic N) is 1. The summed E-state index contributed by atoms with van der Waals surface area (Å²) in [7, 11) is 1.92. The van der Waals surface area contributed by atoms with Gasteiger partial charge in [-0.1, -0.05) is 48.5 Å². The molecule has 1 N–H and O–H groups in total. The third kappa shape index (κ3) is 4.12. The summed E-state index contributed by atoms with van der Waals surface area (Å²) < 4.78 is 0. The highest BCUT2D eigenvalue weighted by molar-refractivity contribution is 5.95. The number of carbonyl (C=O) groups is 1. The summed E-state index contributed by atoms with van der Waals surface area (Å²) in [4.78, 5) is 14.7. The van der Waals surface area contributed by atoms with E-state index < -0.39 is 0 Å². The predicted molar refractivity (Wildman–Crippen MR) is 96.3 cm³/mol. The molecule has 23 heavy (non-hydrogen) atoms. The van der Waals surface area contributed by atoms with Crippen LogP contribution in [0.3, 0.4) is 0 Å². The lowest BCUT2D eigenvalue weighted by Gasteiger charge is -2.25. The molecule has 3 rings (SSSR count). The molecule has 1 amide bonds. The molecule has 0 spiro atoms. The van der Waals surface area contributed by atoms with Crippen LogP contribution in [0, 0.1) is 0 Å². The van der Waals surface area contributed by atoms with Crippen LogP contribution >= 0.6 is 12.4 Å². The summed E-state index contributed by atoms with van der Waals surface area (Å²) in [5, 5.41) is 3.32. The van der Waals surface area contributed by atoms with Crippen molar-refractivity contribution in [2.75, 3.05) is 20.1 Å². The third-order valence-corrected chi connectivity index (χ3v) is 4.39. The molecule has 122 valence electrons. The Balaban J connectivity index is 0.00000192. The van der Waals surface area contributed by atoms with Crippen LogP contribution in [0.5, 0.6) is 0 Å². The Hall–Kier alpha value is -1.84. The molecular formula is C19H23ClN2O. The fourth-order valence-electron chi connectivity index (χ4n) is 3.02. The van der Waals surface area contributed by atoms with Crippen molar-refractivity contribution in [2.24, 2.45) is 0 Å². The van der Waals surface area contributed by atoms with Gasteiger partial charge >= 0.3 is 0 Å². The number of amides is 1. The van der Waals surface area contributed by atoms with Gasteiger partial charge in [0.15, 0.2) is 0 Å². The highest BCUT2D eigenvalue weighted by atomic mass is 35.5. The summed E-state index contributed by atoms with van der Waals surface area (Å²) in [6, 6.07) is 18.6. The maximum Gasteiger partial charge on any atom is 0.254 e. The normalized spacial score (nSPS) is 16.7. The molecule has 1 aliphatic heterocycles. The van der Waals surface area contributed by atoms with Crippen molar-refractivity contribution in [1.29, 1.82) is 0 Å². The number of rotatable bonds is 4. The molecule has 1 aliphatic rings. The minimum Gasteiger partial charge on any atom is -0.337 e. The van der Waals surface area contributed by atoms with Gasteiger partial charge in [-0.05, 0) is 36.6 Å². The predicted octanol–water partition coefficient (Wildman–Crippen LogP) is 3.13. The van der Waals surface area contributed by atoms with Crippen LogP contribution in [-0.2, 0) is 6.42 Å². The average molecular weight is 331 g/mol. The van der Waals surface area contributed by atoms with E-state index in [2.05, 4.69) is 23.5 Å². The van der Waals surface area contributed by atoms with Crippen LogP contribution in [0.25, 0.3) is 0 Å². The van der Waals surface area contributed by atoms with Crippen LogP contribution < -0.4 is 5.32 Å². The van der Waals surface area contributed by atoms with E-state index in [0.29, 0.717) is 6.04 Å². The van der Waals surface area contributed by atoms with Gasteiger partial charge < -0.3 is 10.2 Å². The standard InChI is InChI=1S/C19H22N2O.ClH/c1-21(17-11-12-20-14-17)19(22)18-10-6-5-9-16(18)13-15-7-3-2-4-8-15;/h2-10,17,20H,11-14H2,1H3;1H. The first-order valence-corrected chi connectivity index (χ1v) is 7.85. The zero-order valence-electron chi connectivity index (χ0n) is 13.4. The Morgan fingerprint density at radius 3 is 2.52 bits per heavy atom. The molecule has 0 aromatic heterocycles. The number of likely N-dealkylation sites (N-methyl/N-ethyl adjacent to an activating group) is 1. The van der Waals surface area contributed by atoms with Crippen molar-refractivity contribution < 1.29 is 4.79 Å². The maximum atomic E-state index is 12.8. The second kappa shape index (κ2) is 8.14. The van der Waals surface area contributed by atoms with Crippen LogP contribution in [0.1, 0.15) is 27.9 Å². The zero-order chi connectivity index (χ0) is 15.4. The van der Waals surface area contributed by atoms with E-state index in [1.54, 1.807) is 0 Å². The van der Waals surface area contributed by atoms with E-state index >= 15 is 0 Å². The third-order valence-electron chi connectivity index (χ3n) is 4.39. The Kier molecular flexibility index (Phi) is 6.20. The molecule has 1 fully saturated rings. The van der Waals surface area contributed by atoms with E-state index in [1.165, 1.54) is 5.56 Å². The van der Waals surface area contributed by atoms with Crippen molar-refractivity contribution in [1.82, 2.24) is 10.2 Å². The van der Waals surface area contributed by atoms with Gasteiger partial charge in [0.1, 0.15) is 0 Å². The number of hydrogen-bond donors (Lipinski definition) is 1. The van der Waals surface area contributed by atoms with Gasteiger partial charge in [-0.15, -0.1) is 12.4 Å². The first kappa shape index (κ1) is 17.5. The van der Waals surface area contributed by atoms with E-state index in [4.69, 9.17) is 0 Å². The van der Waals surface area contributed by atoms with Gasteiger partial charge in [0.05, 0.1) is 0 Å². The van der Waals surface area contributed by atoms with Gasteiger partial charge in [0, 0.05) is 25.2 Å². The fraction of sp³-hybridized carbons (Fsp3) is 0.316. The topological polar surface area (TPSA) is 32.3 Å². The van der Waals surface area contributed by atoms with Gasteiger partial charge in [-0.2, -0.15) is 0 Å². The van der Waals surface area contributed by atoms with Crippen molar-refractivity contribution in [3.05, 3.63) is 71.3 Å². The number of carbonyl (C=O) groups excluding carboxylic acids is 1. The molecule has 1 saturated heterocycles. The van der Waals surface area contributed by atoms with Crippen molar-refractivity contribution in [2.45, 2.75) is 18.9 Å². The van der Waals surface area contributed by atoms with Crippen molar-refractivity contribution in [3.63, 3.8) is 0 Å². The summed E-state index contributed by atoms with van der Waals surface area (Å²) in [5.74, 6) is 0.125. The average Bonchev–Trinajstić information content (AvgIpc) is 3.09. The molecule has 0 radical (unpaired) electrons. The van der Waals surface area contributed by atoms with Crippen molar-refractivity contribution in [3.8, 4) is 0 Å². The van der Waals surface area contributed by atoms with Crippen molar-refractivity contribution >= 4 is 18.3 Å². The molecule has 1 atom stereocenters. The van der Waals surface area contributed by atoms with E-state index in [0.717, 1.165) is 37.1 Å². The molecule has 1 unspecified atom stereocenters. The Morgan fingerprint density at radius 2 is 1.83 bits per heavy atom.